The first-order valence-corrected chi connectivity index (χ1v) is 10.4. The first kappa shape index (κ1) is 48.3. The molecule has 0 bridgehead atoms. The average Bonchev–Trinajstić information content (AvgIpc) is 2.83. The van der Waals surface area contributed by atoms with E-state index >= 15 is 0 Å². The maximum absolute atomic E-state index is 14.4. The molecule has 0 saturated carbocycles. The van der Waals surface area contributed by atoms with E-state index < -0.39 is 97.7 Å². The number of halogens is 29. The van der Waals surface area contributed by atoms with Gasteiger partial charge in [-0.1, -0.05) is 0 Å². The van der Waals surface area contributed by atoms with E-state index in [4.69, 9.17) is 0 Å². The van der Waals surface area contributed by atoms with Crippen LogP contribution in [0.25, 0.3) is 0 Å². The van der Waals surface area contributed by atoms with E-state index in [0.29, 0.717) is 0 Å². The maximum atomic E-state index is 14.4. The minimum atomic E-state index is -9.24. The van der Waals surface area contributed by atoms with Crippen LogP contribution in [0.3, 0.4) is 0 Å². The van der Waals surface area contributed by atoms with Crippen molar-refractivity contribution in [3.05, 3.63) is 0 Å². The molecule has 4 atom stereocenters. The zero-order valence-electron chi connectivity index (χ0n) is 21.9. The molecule has 6 nitrogen and oxygen atoms in total. The van der Waals surface area contributed by atoms with Gasteiger partial charge in [-0.15, -0.1) is 0 Å². The molecule has 0 N–H and O–H groups in total. The summed E-state index contributed by atoms with van der Waals surface area (Å²) in [6.45, 7) is 0. The summed E-state index contributed by atoms with van der Waals surface area (Å²) in [7, 11) is -0.505. The zero-order chi connectivity index (χ0) is 42.1. The summed E-state index contributed by atoms with van der Waals surface area (Å²) in [5.74, 6) is -47.0. The van der Waals surface area contributed by atoms with Crippen LogP contribution in [-0.2, 0) is 28.5 Å². The van der Waals surface area contributed by atoms with Crippen LogP contribution < -0.4 is 0 Å². The fraction of sp³-hybridized carbons (Fsp3) is 0.938. The second-order valence-corrected chi connectivity index (χ2v) is 8.41. The summed E-state index contributed by atoms with van der Waals surface area (Å²) in [6, 6.07) is 0. The molecule has 51 heavy (non-hydrogen) atoms. The lowest BCUT2D eigenvalue weighted by Gasteiger charge is -2.43. The highest BCUT2D eigenvalue weighted by Crippen LogP contribution is 2.61. The Bertz CT molecular complexity index is 1250. The predicted octanol–water partition coefficient (Wildman–Crippen LogP) is 8.71. The molecular weight excluding hydrogens is 839 g/mol. The van der Waals surface area contributed by atoms with Crippen LogP contribution >= 0.6 is 0 Å². The number of hydrogen-bond donors (Lipinski definition) is 0. The van der Waals surface area contributed by atoms with Crippen molar-refractivity contribution in [3.63, 3.8) is 0 Å². The second-order valence-electron chi connectivity index (χ2n) is 8.41. The summed E-state index contributed by atoms with van der Waals surface area (Å²) < 4.78 is 392. The first-order valence-electron chi connectivity index (χ1n) is 10.4. The highest BCUT2D eigenvalue weighted by atomic mass is 19.4. The van der Waals surface area contributed by atoms with Gasteiger partial charge in [0.25, 0.3) is 0 Å². The molecule has 0 fully saturated rings. The van der Waals surface area contributed by atoms with Crippen LogP contribution in [-0.4, -0.2) is 97.7 Å². The third kappa shape index (κ3) is 7.97. The van der Waals surface area contributed by atoms with Gasteiger partial charge in [-0.25, -0.2) is 4.79 Å². The van der Waals surface area contributed by atoms with E-state index in [1.54, 1.807) is 0 Å². The summed E-state index contributed by atoms with van der Waals surface area (Å²) in [4.78, 5) is 10.9. The molecule has 306 valence electrons. The van der Waals surface area contributed by atoms with E-state index in [1.807, 2.05) is 0 Å². The topological polar surface area (TPSA) is 63.2 Å². The van der Waals surface area contributed by atoms with E-state index in [0.717, 1.165) is 14.2 Å². The molecule has 0 aliphatic carbocycles. The molecule has 0 aromatic rings. The first-order chi connectivity index (χ1) is 21.6. The van der Waals surface area contributed by atoms with Crippen LogP contribution in [0.4, 0.5) is 127 Å². The molecule has 0 amide bonds. The number of carbonyl (C=O) groups is 1. The molecule has 0 unspecified atom stereocenters. The van der Waals surface area contributed by atoms with Crippen molar-refractivity contribution in [2.45, 2.75) is 84.7 Å². The molecular formula is C16H3F29O6. The lowest BCUT2D eigenvalue weighted by molar-refractivity contribution is -0.592. The van der Waals surface area contributed by atoms with Crippen LogP contribution in [0.1, 0.15) is 0 Å². The monoisotopic (exact) mass is 842 g/mol. The summed E-state index contributed by atoms with van der Waals surface area (Å²) >= 11 is 0. The van der Waals surface area contributed by atoms with Gasteiger partial charge in [-0.05, 0) is 0 Å². The number of rotatable bonds is 13. The SMILES string of the molecule is COC(=O)[C@](F)(OC(F)(F)[C@](F)(OC(F)(F)[C@@](F)(OC(F)(F)[C@](F)(OC(F)(F)C(F)(F)C(F)(F)F)C(F)(F)F)C(F)(F)F)C(F)(F)F)C(F)(F)F. The molecule has 35 heteroatoms. The molecule has 0 heterocycles. The van der Waals surface area contributed by atoms with Crippen LogP contribution in [0.5, 0.6) is 0 Å². The van der Waals surface area contributed by atoms with Gasteiger partial charge >= 0.3 is 90.6 Å². The highest BCUT2D eigenvalue weighted by Gasteiger charge is 2.90. The minimum absolute atomic E-state index is 0.505. The lowest BCUT2D eigenvalue weighted by atomic mass is 10.2. The molecule has 0 aromatic carbocycles. The third-order valence-corrected chi connectivity index (χ3v) is 4.83. The van der Waals surface area contributed by atoms with Gasteiger partial charge in [0, 0.05) is 0 Å². The molecule has 0 rings (SSSR count). The number of esters is 1. The largest absolute Gasteiger partial charge is 0.465 e. The van der Waals surface area contributed by atoms with Crippen molar-refractivity contribution in [2.75, 3.05) is 7.11 Å². The number of ether oxygens (including phenoxy) is 5. The van der Waals surface area contributed by atoms with Crippen LogP contribution in [0.2, 0.25) is 0 Å². The van der Waals surface area contributed by atoms with Crippen molar-refractivity contribution in [3.8, 4) is 0 Å². The second kappa shape index (κ2) is 12.7. The summed E-state index contributed by atoms with van der Waals surface area (Å²) in [5, 5.41) is 0. The Hall–Kier alpha value is -2.72. The quantitative estimate of drug-likeness (QED) is 0.137. The van der Waals surface area contributed by atoms with Gasteiger partial charge in [-0.3, -0.25) is 18.9 Å². The van der Waals surface area contributed by atoms with E-state index in [2.05, 4.69) is 4.74 Å². The van der Waals surface area contributed by atoms with Gasteiger partial charge < -0.3 is 4.74 Å². The fourth-order valence-corrected chi connectivity index (χ4v) is 2.33. The fourth-order valence-electron chi connectivity index (χ4n) is 2.33. The highest BCUT2D eigenvalue weighted by molar-refractivity contribution is 5.78. The van der Waals surface area contributed by atoms with Gasteiger partial charge in [0.05, 0.1) is 7.11 Å². The van der Waals surface area contributed by atoms with Crippen molar-refractivity contribution < 1.29 is 156 Å². The molecule has 0 aromatic heterocycles. The Labute approximate surface area is 255 Å². The number of alkyl halides is 29. The van der Waals surface area contributed by atoms with Gasteiger partial charge in [0.2, 0.25) is 0 Å². The van der Waals surface area contributed by atoms with Crippen LogP contribution in [0, 0.1) is 0 Å². The van der Waals surface area contributed by atoms with Crippen molar-refractivity contribution in [2.24, 2.45) is 0 Å². The Morgan fingerprint density at radius 3 is 0.765 bits per heavy atom. The van der Waals surface area contributed by atoms with Gasteiger partial charge in [-0.2, -0.15) is 127 Å². The number of carbonyl (C=O) groups excluding carboxylic acids is 1. The van der Waals surface area contributed by atoms with Crippen molar-refractivity contribution >= 4 is 5.97 Å². The summed E-state index contributed by atoms with van der Waals surface area (Å²) in [5.41, 5.74) is 0. The van der Waals surface area contributed by atoms with E-state index in [9.17, 15) is 132 Å². The number of hydrogen-bond acceptors (Lipinski definition) is 6. The molecule has 0 aliphatic rings. The average molecular weight is 842 g/mol. The third-order valence-electron chi connectivity index (χ3n) is 4.83. The lowest BCUT2D eigenvalue weighted by Crippen LogP contribution is -2.72. The van der Waals surface area contributed by atoms with Gasteiger partial charge in [0.15, 0.2) is 0 Å². The minimum Gasteiger partial charge on any atom is -0.465 e. The maximum Gasteiger partial charge on any atom is 0.462 e. The number of methoxy groups -OCH3 is 1. The predicted molar refractivity (Wildman–Crippen MR) is 86.7 cm³/mol. The Morgan fingerprint density at radius 1 is 0.333 bits per heavy atom. The standard InChI is InChI=1S/C16H3F29O6/c1-47-2(46)3(17,8(23,24)25)48-14(40,41)5(20,10(29,30)31)50-16(44,45)7(22,12(35,36)37)51-15(42,43)6(21,11(32,33)34)49-13(38,39)4(18,19)9(26,27)28/h1H3/t3-,5+,6+,7-/m0/s1. The molecule has 0 saturated heterocycles. The molecule has 0 radical (unpaired) electrons. The Kier molecular flexibility index (Phi) is 12.0. The molecule has 0 aliphatic heterocycles. The Balaban J connectivity index is 7.72. The van der Waals surface area contributed by atoms with Crippen molar-refractivity contribution in [1.29, 1.82) is 0 Å². The van der Waals surface area contributed by atoms with Crippen LogP contribution in [0.15, 0.2) is 0 Å². The van der Waals surface area contributed by atoms with Crippen molar-refractivity contribution in [1.82, 2.24) is 0 Å². The van der Waals surface area contributed by atoms with E-state index in [-0.39, 0.29) is 0 Å². The van der Waals surface area contributed by atoms with E-state index in [1.165, 1.54) is 4.74 Å². The Morgan fingerprint density at radius 2 is 0.569 bits per heavy atom. The summed E-state index contributed by atoms with van der Waals surface area (Å²) in [6.07, 6.45) is -77.4. The zero-order valence-corrected chi connectivity index (χ0v) is 21.9. The van der Waals surface area contributed by atoms with Gasteiger partial charge in [0.1, 0.15) is 0 Å². The molecule has 0 spiro atoms. The normalized spacial score (nSPS) is 20.2. The smallest absolute Gasteiger partial charge is 0.462 e.